The van der Waals surface area contributed by atoms with Crippen molar-refractivity contribution < 1.29 is 4.79 Å². The van der Waals surface area contributed by atoms with Gasteiger partial charge in [0.05, 0.1) is 0 Å². The lowest BCUT2D eigenvalue weighted by Gasteiger charge is -2.07. The fourth-order valence-corrected chi connectivity index (χ4v) is 1.69. The van der Waals surface area contributed by atoms with E-state index in [2.05, 4.69) is 5.32 Å². The predicted octanol–water partition coefficient (Wildman–Crippen LogP) is 3.48. The van der Waals surface area contributed by atoms with Crippen LogP contribution in [0.1, 0.15) is 15.9 Å². The summed E-state index contributed by atoms with van der Waals surface area (Å²) in [4.78, 5) is 11.9. The Kier molecular flexibility index (Phi) is 3.53. The number of nitrogens with one attached hydrogen (secondary N) is 1. The lowest BCUT2D eigenvalue weighted by molar-refractivity contribution is 0.102. The van der Waals surface area contributed by atoms with Crippen molar-refractivity contribution in [2.75, 3.05) is 11.1 Å². The van der Waals surface area contributed by atoms with Gasteiger partial charge in [-0.25, -0.2) is 0 Å². The van der Waals surface area contributed by atoms with Gasteiger partial charge in [0.25, 0.3) is 5.91 Å². The monoisotopic (exact) mass is 260 g/mol. The molecular weight excluding hydrogens is 248 g/mol. The second-order valence-corrected chi connectivity index (χ2v) is 4.45. The summed E-state index contributed by atoms with van der Waals surface area (Å²) in [5, 5.41) is 3.41. The normalized spacial score (nSPS) is 10.1. The minimum absolute atomic E-state index is 0.185. The quantitative estimate of drug-likeness (QED) is 0.812. The average molecular weight is 261 g/mol. The van der Waals surface area contributed by atoms with Crippen LogP contribution in [0, 0.1) is 6.92 Å². The number of halogens is 1. The molecule has 4 heteroatoms. The van der Waals surface area contributed by atoms with E-state index in [-0.39, 0.29) is 5.91 Å². The van der Waals surface area contributed by atoms with Crippen molar-refractivity contribution >= 4 is 28.9 Å². The van der Waals surface area contributed by atoms with E-state index in [1.165, 1.54) is 0 Å². The SMILES string of the molecule is Cc1ccc(NC(=O)c2ccc(N)cc2)cc1Cl. The van der Waals surface area contributed by atoms with Crippen molar-refractivity contribution in [2.45, 2.75) is 6.92 Å². The van der Waals surface area contributed by atoms with Crippen molar-refractivity contribution in [1.82, 2.24) is 0 Å². The number of nitrogen functional groups attached to an aromatic ring is 1. The Morgan fingerprint density at radius 1 is 1.17 bits per heavy atom. The highest BCUT2D eigenvalue weighted by molar-refractivity contribution is 6.31. The number of carbonyl (C=O) groups excluding carboxylic acids is 1. The molecule has 0 saturated carbocycles. The second kappa shape index (κ2) is 5.10. The molecule has 2 aromatic carbocycles. The van der Waals surface area contributed by atoms with Crippen LogP contribution in [-0.2, 0) is 0 Å². The van der Waals surface area contributed by atoms with E-state index in [0.717, 1.165) is 5.56 Å². The number of carbonyl (C=O) groups is 1. The Morgan fingerprint density at radius 2 is 1.83 bits per heavy atom. The third-order valence-corrected chi connectivity index (χ3v) is 3.01. The van der Waals surface area contributed by atoms with Crippen LogP contribution in [0.4, 0.5) is 11.4 Å². The van der Waals surface area contributed by atoms with Crippen molar-refractivity contribution in [3.8, 4) is 0 Å². The molecule has 0 fully saturated rings. The molecule has 0 unspecified atom stereocenters. The van der Waals surface area contributed by atoms with Gasteiger partial charge in [-0.2, -0.15) is 0 Å². The summed E-state index contributed by atoms with van der Waals surface area (Å²) in [6, 6.07) is 12.2. The molecule has 0 aromatic heterocycles. The number of nitrogens with two attached hydrogens (primary N) is 1. The van der Waals surface area contributed by atoms with Gasteiger partial charge in [0.15, 0.2) is 0 Å². The molecule has 0 bridgehead atoms. The highest BCUT2D eigenvalue weighted by Gasteiger charge is 2.06. The number of rotatable bonds is 2. The first-order valence-electron chi connectivity index (χ1n) is 5.49. The van der Waals surface area contributed by atoms with Gasteiger partial charge < -0.3 is 11.1 Å². The zero-order valence-corrected chi connectivity index (χ0v) is 10.7. The van der Waals surface area contributed by atoms with E-state index in [4.69, 9.17) is 17.3 Å². The van der Waals surface area contributed by atoms with E-state index in [1.54, 1.807) is 30.3 Å². The number of benzene rings is 2. The third-order valence-electron chi connectivity index (χ3n) is 2.60. The Morgan fingerprint density at radius 3 is 2.44 bits per heavy atom. The Hall–Kier alpha value is -2.00. The van der Waals surface area contributed by atoms with E-state index >= 15 is 0 Å². The molecule has 2 rings (SSSR count). The van der Waals surface area contributed by atoms with E-state index < -0.39 is 0 Å². The van der Waals surface area contributed by atoms with E-state index in [1.807, 2.05) is 19.1 Å². The molecule has 92 valence electrons. The minimum Gasteiger partial charge on any atom is -0.399 e. The first-order valence-corrected chi connectivity index (χ1v) is 5.87. The van der Waals surface area contributed by atoms with Crippen LogP contribution in [0.15, 0.2) is 42.5 Å². The summed E-state index contributed by atoms with van der Waals surface area (Å²) < 4.78 is 0. The number of amides is 1. The highest BCUT2D eigenvalue weighted by atomic mass is 35.5. The first kappa shape index (κ1) is 12.5. The highest BCUT2D eigenvalue weighted by Crippen LogP contribution is 2.20. The van der Waals surface area contributed by atoms with Gasteiger partial charge in [0.1, 0.15) is 0 Å². The van der Waals surface area contributed by atoms with Gasteiger partial charge in [-0.05, 0) is 48.9 Å². The molecule has 3 N–H and O–H groups in total. The number of aryl methyl sites for hydroxylation is 1. The third kappa shape index (κ3) is 2.81. The summed E-state index contributed by atoms with van der Waals surface area (Å²) in [5.74, 6) is -0.185. The Bertz CT molecular complexity index is 579. The summed E-state index contributed by atoms with van der Waals surface area (Å²) in [6.07, 6.45) is 0. The maximum absolute atomic E-state index is 11.9. The van der Waals surface area contributed by atoms with Gasteiger partial charge in [0, 0.05) is 22.0 Å². The Labute approximate surface area is 111 Å². The van der Waals surface area contributed by atoms with Crippen molar-refractivity contribution in [1.29, 1.82) is 0 Å². The number of hydrogen-bond donors (Lipinski definition) is 2. The first-order chi connectivity index (χ1) is 8.56. The standard InChI is InChI=1S/C14H13ClN2O/c1-9-2-7-12(8-13(9)15)17-14(18)10-3-5-11(16)6-4-10/h2-8H,16H2,1H3,(H,17,18). The van der Waals surface area contributed by atoms with Gasteiger partial charge >= 0.3 is 0 Å². The van der Waals surface area contributed by atoms with E-state index in [0.29, 0.717) is 22.0 Å². The van der Waals surface area contributed by atoms with Gasteiger partial charge in [-0.15, -0.1) is 0 Å². The fraction of sp³-hybridized carbons (Fsp3) is 0.0714. The van der Waals surface area contributed by atoms with Crippen LogP contribution in [0.3, 0.4) is 0 Å². The molecule has 0 aliphatic heterocycles. The molecule has 0 saturated heterocycles. The second-order valence-electron chi connectivity index (χ2n) is 4.04. The fourth-order valence-electron chi connectivity index (χ4n) is 1.51. The average Bonchev–Trinajstić information content (AvgIpc) is 2.34. The maximum atomic E-state index is 11.9. The van der Waals surface area contributed by atoms with E-state index in [9.17, 15) is 4.79 Å². The smallest absolute Gasteiger partial charge is 0.255 e. The van der Waals surface area contributed by atoms with Gasteiger partial charge in [0.2, 0.25) is 0 Å². The van der Waals surface area contributed by atoms with Crippen LogP contribution in [0.25, 0.3) is 0 Å². The minimum atomic E-state index is -0.185. The molecule has 0 heterocycles. The maximum Gasteiger partial charge on any atom is 0.255 e. The lowest BCUT2D eigenvalue weighted by Crippen LogP contribution is -2.11. The molecule has 18 heavy (non-hydrogen) atoms. The predicted molar refractivity (Wildman–Crippen MR) is 75.0 cm³/mol. The zero-order chi connectivity index (χ0) is 13.1. The van der Waals surface area contributed by atoms with Crippen LogP contribution < -0.4 is 11.1 Å². The van der Waals surface area contributed by atoms with Crippen LogP contribution >= 0.6 is 11.6 Å². The zero-order valence-electron chi connectivity index (χ0n) is 9.91. The summed E-state index contributed by atoms with van der Waals surface area (Å²) in [7, 11) is 0. The molecule has 0 aliphatic carbocycles. The lowest BCUT2D eigenvalue weighted by atomic mass is 10.2. The van der Waals surface area contributed by atoms with Crippen molar-refractivity contribution in [3.63, 3.8) is 0 Å². The molecule has 0 radical (unpaired) electrons. The molecule has 0 spiro atoms. The van der Waals surface area contributed by atoms with Gasteiger partial charge in [-0.3, -0.25) is 4.79 Å². The largest absolute Gasteiger partial charge is 0.399 e. The van der Waals surface area contributed by atoms with Crippen LogP contribution in [0.5, 0.6) is 0 Å². The molecule has 3 nitrogen and oxygen atoms in total. The van der Waals surface area contributed by atoms with Crippen LogP contribution in [0.2, 0.25) is 5.02 Å². The molecule has 1 amide bonds. The van der Waals surface area contributed by atoms with Crippen LogP contribution in [-0.4, -0.2) is 5.91 Å². The Balaban J connectivity index is 2.16. The molecule has 0 aliphatic rings. The summed E-state index contributed by atoms with van der Waals surface area (Å²) >= 11 is 6.00. The number of hydrogen-bond acceptors (Lipinski definition) is 2. The van der Waals surface area contributed by atoms with Crippen molar-refractivity contribution in [3.05, 3.63) is 58.6 Å². The summed E-state index contributed by atoms with van der Waals surface area (Å²) in [6.45, 7) is 1.91. The molecule has 0 atom stereocenters. The topological polar surface area (TPSA) is 55.1 Å². The summed E-state index contributed by atoms with van der Waals surface area (Å²) in [5.41, 5.74) is 8.40. The molecular formula is C14H13ClN2O. The molecule has 2 aromatic rings. The van der Waals surface area contributed by atoms with Gasteiger partial charge in [-0.1, -0.05) is 17.7 Å². The number of anilines is 2. The van der Waals surface area contributed by atoms with Crippen molar-refractivity contribution in [2.24, 2.45) is 0 Å².